The lowest BCUT2D eigenvalue weighted by Gasteiger charge is -2.46. The fourth-order valence-corrected chi connectivity index (χ4v) is 6.82. The van der Waals surface area contributed by atoms with E-state index in [4.69, 9.17) is 9.47 Å². The minimum absolute atomic E-state index is 0. The Labute approximate surface area is 231 Å². The Balaban J connectivity index is 0.00000481. The van der Waals surface area contributed by atoms with Crippen LogP contribution in [0.25, 0.3) is 0 Å². The summed E-state index contributed by atoms with van der Waals surface area (Å²) in [6.07, 6.45) is 4.77. The van der Waals surface area contributed by atoms with Crippen LogP contribution in [0.2, 0.25) is 0 Å². The highest BCUT2D eigenvalue weighted by Crippen LogP contribution is 2.51. The molecule has 0 saturated heterocycles. The smallest absolute Gasteiger partial charge is 0.320 e. The second-order valence-corrected chi connectivity index (χ2v) is 11.3. The highest BCUT2D eigenvalue weighted by molar-refractivity contribution is 8.00. The highest BCUT2D eigenvalue weighted by atomic mass is 35.5. The Bertz CT molecular complexity index is 1050. The van der Waals surface area contributed by atoms with Gasteiger partial charge in [-0.25, -0.2) is 4.39 Å². The third-order valence-electron chi connectivity index (χ3n) is 7.76. The summed E-state index contributed by atoms with van der Waals surface area (Å²) in [6, 6.07) is 11.0. The molecule has 0 heterocycles. The molecule has 5 nitrogen and oxygen atoms in total. The van der Waals surface area contributed by atoms with E-state index in [0.29, 0.717) is 30.9 Å². The van der Waals surface area contributed by atoms with E-state index in [2.05, 4.69) is 18.7 Å². The van der Waals surface area contributed by atoms with Crippen LogP contribution in [0.15, 0.2) is 36.4 Å². The first-order valence-corrected chi connectivity index (χ1v) is 13.9. The number of carboxylic acid groups (broad SMARTS) is 1. The molecule has 0 bridgehead atoms. The van der Waals surface area contributed by atoms with Crippen LogP contribution >= 0.6 is 24.2 Å². The van der Waals surface area contributed by atoms with E-state index < -0.39 is 10.7 Å². The summed E-state index contributed by atoms with van der Waals surface area (Å²) in [5, 5.41) is 10.6. The van der Waals surface area contributed by atoms with Crippen LogP contribution < -0.4 is 9.47 Å². The number of hydrogen-bond donors (Lipinski definition) is 1. The maximum Gasteiger partial charge on any atom is 0.320 e. The fourth-order valence-electron chi connectivity index (χ4n) is 5.79. The van der Waals surface area contributed by atoms with Crippen LogP contribution in [-0.4, -0.2) is 61.3 Å². The molecule has 2 aromatic carbocycles. The number of ether oxygens (including phenoxy) is 2. The minimum atomic E-state index is -0.904. The van der Waals surface area contributed by atoms with Gasteiger partial charge in [-0.05, 0) is 104 Å². The number of hydrogen-bond acceptors (Lipinski definition) is 5. The van der Waals surface area contributed by atoms with Gasteiger partial charge >= 0.3 is 5.97 Å². The lowest BCUT2D eigenvalue weighted by molar-refractivity contribution is -0.142. The van der Waals surface area contributed by atoms with Gasteiger partial charge in [0.05, 0.1) is 14.2 Å². The number of halogens is 2. The Morgan fingerprint density at radius 1 is 1.16 bits per heavy atom. The number of aryl methyl sites for hydroxylation is 1. The lowest BCUT2D eigenvalue weighted by Crippen LogP contribution is -2.49. The second kappa shape index (κ2) is 13.7. The van der Waals surface area contributed by atoms with Crippen LogP contribution in [-0.2, 0) is 17.6 Å². The summed E-state index contributed by atoms with van der Waals surface area (Å²) in [7, 11) is 5.30. The van der Waals surface area contributed by atoms with Crippen molar-refractivity contribution in [3.05, 3.63) is 58.9 Å². The summed E-state index contributed by atoms with van der Waals surface area (Å²) in [4.78, 5) is 15.1. The molecule has 206 valence electrons. The molecule has 0 aromatic heterocycles. The normalized spacial score (nSPS) is 18.6. The molecule has 0 saturated carbocycles. The number of carboxylic acids is 1. The van der Waals surface area contributed by atoms with Crippen LogP contribution in [0.5, 0.6) is 11.5 Å². The van der Waals surface area contributed by atoms with Gasteiger partial charge in [0.2, 0.25) is 0 Å². The van der Waals surface area contributed by atoms with Crippen molar-refractivity contribution in [2.75, 3.05) is 40.6 Å². The molecule has 0 fully saturated rings. The lowest BCUT2D eigenvalue weighted by atomic mass is 9.64. The molecule has 1 N–H and O–H groups in total. The third-order valence-corrected chi connectivity index (χ3v) is 9.17. The van der Waals surface area contributed by atoms with Gasteiger partial charge in [0.15, 0.2) is 11.5 Å². The van der Waals surface area contributed by atoms with Crippen molar-refractivity contribution in [3.63, 3.8) is 0 Å². The van der Waals surface area contributed by atoms with E-state index in [1.807, 2.05) is 37.6 Å². The predicted octanol–water partition coefficient (Wildman–Crippen LogP) is 6.32. The Morgan fingerprint density at radius 3 is 2.46 bits per heavy atom. The molecular formula is C29H41ClFNO4S. The van der Waals surface area contributed by atoms with Gasteiger partial charge < -0.3 is 19.5 Å². The van der Waals surface area contributed by atoms with E-state index in [1.165, 1.54) is 17.8 Å². The van der Waals surface area contributed by atoms with Crippen molar-refractivity contribution in [2.45, 2.75) is 50.2 Å². The van der Waals surface area contributed by atoms with Crippen LogP contribution in [0.3, 0.4) is 0 Å². The van der Waals surface area contributed by atoms with Crippen molar-refractivity contribution in [1.29, 1.82) is 0 Å². The summed E-state index contributed by atoms with van der Waals surface area (Å²) in [5.74, 6) is 0.759. The molecule has 0 radical (unpaired) electrons. The number of likely N-dealkylation sites (N-methyl/N-ethyl adjacent to an activating group) is 1. The predicted molar refractivity (Wildman–Crippen MR) is 152 cm³/mol. The van der Waals surface area contributed by atoms with E-state index in [9.17, 15) is 14.3 Å². The molecule has 0 spiro atoms. The molecule has 0 aliphatic heterocycles. The van der Waals surface area contributed by atoms with Crippen molar-refractivity contribution < 1.29 is 23.8 Å². The van der Waals surface area contributed by atoms with Crippen LogP contribution in [0.1, 0.15) is 49.3 Å². The molecular weight excluding hydrogens is 513 g/mol. The summed E-state index contributed by atoms with van der Waals surface area (Å²) >= 11 is 1.47. The molecule has 37 heavy (non-hydrogen) atoms. The molecule has 0 amide bonds. The number of nitrogens with zero attached hydrogens (tertiary/aromatic N) is 1. The number of methoxy groups -OCH3 is 2. The van der Waals surface area contributed by atoms with Crippen molar-refractivity contribution in [1.82, 2.24) is 4.90 Å². The Hall–Kier alpha value is -1.96. The monoisotopic (exact) mass is 553 g/mol. The Kier molecular flexibility index (Phi) is 11.6. The van der Waals surface area contributed by atoms with Gasteiger partial charge in [-0.3, -0.25) is 4.79 Å². The first-order chi connectivity index (χ1) is 17.2. The second-order valence-electron chi connectivity index (χ2n) is 10.1. The Morgan fingerprint density at radius 2 is 1.86 bits per heavy atom. The number of aliphatic carboxylic acids is 1. The maximum absolute atomic E-state index is 13.9. The molecule has 1 unspecified atom stereocenters. The molecule has 3 rings (SSSR count). The van der Waals surface area contributed by atoms with E-state index >= 15 is 0 Å². The van der Waals surface area contributed by atoms with Crippen LogP contribution in [0.4, 0.5) is 4.39 Å². The largest absolute Gasteiger partial charge is 0.493 e. The maximum atomic E-state index is 13.9. The van der Waals surface area contributed by atoms with Crippen molar-refractivity contribution in [3.8, 4) is 11.5 Å². The number of thioether (sulfide) groups is 1. The molecule has 1 aliphatic carbocycles. The average Bonchev–Trinajstić information content (AvgIpc) is 2.87. The minimum Gasteiger partial charge on any atom is -0.493 e. The topological polar surface area (TPSA) is 59.0 Å². The first kappa shape index (κ1) is 31.3. The first-order valence-electron chi connectivity index (χ1n) is 12.6. The highest BCUT2D eigenvalue weighted by Gasteiger charge is 2.50. The summed E-state index contributed by atoms with van der Waals surface area (Å²) < 4.78 is 23.8. The van der Waals surface area contributed by atoms with Crippen molar-refractivity contribution >= 4 is 30.1 Å². The standard InChI is InChI=1S/C29H40FNO4S.ClH/c1-19(2)27-23-10-9-22(30)18-21(23)8-11-24(27)29(36-6,28(32)33)14-16-31(3)15-13-20-7-12-25(34-4)26(17-20)35-5;/h7,9-10,12,17-19,24,27H,8,11,13-16H2,1-6H3,(H,32,33);1H/t24-,27+,29?;/m1./s1. The molecule has 1 aliphatic rings. The zero-order chi connectivity index (χ0) is 26.5. The van der Waals surface area contributed by atoms with E-state index in [-0.39, 0.29) is 36.0 Å². The molecule has 2 aromatic rings. The molecule has 8 heteroatoms. The summed E-state index contributed by atoms with van der Waals surface area (Å²) in [5.41, 5.74) is 3.28. The van der Waals surface area contributed by atoms with Gasteiger partial charge in [0, 0.05) is 6.54 Å². The fraction of sp³-hybridized carbons (Fsp3) is 0.552. The summed E-state index contributed by atoms with van der Waals surface area (Å²) in [6.45, 7) is 5.79. The van der Waals surface area contributed by atoms with E-state index in [0.717, 1.165) is 36.1 Å². The van der Waals surface area contributed by atoms with Gasteiger partial charge in [0.1, 0.15) is 10.6 Å². The number of carbonyl (C=O) groups is 1. The average molecular weight is 554 g/mol. The molecule has 3 atom stereocenters. The SMILES string of the molecule is COc1ccc(CCN(C)CCC(SC)(C(=O)O)[C@@H]2CCc3cc(F)ccc3[C@@H]2C(C)C)cc1OC.Cl. The van der Waals surface area contributed by atoms with Gasteiger partial charge in [0.25, 0.3) is 0 Å². The van der Waals surface area contributed by atoms with Crippen molar-refractivity contribution in [2.24, 2.45) is 11.8 Å². The quantitative estimate of drug-likeness (QED) is 0.332. The number of fused-ring (bicyclic) bond motifs is 1. The van der Waals surface area contributed by atoms with Gasteiger partial charge in [-0.15, -0.1) is 24.2 Å². The zero-order valence-corrected chi connectivity index (χ0v) is 24.4. The zero-order valence-electron chi connectivity index (χ0n) is 22.8. The third kappa shape index (κ3) is 6.92. The van der Waals surface area contributed by atoms with E-state index in [1.54, 1.807) is 20.3 Å². The number of benzene rings is 2. The van der Waals surface area contributed by atoms with Gasteiger partial charge in [-0.2, -0.15) is 0 Å². The van der Waals surface area contributed by atoms with Gasteiger partial charge in [-0.1, -0.05) is 26.0 Å². The number of rotatable bonds is 12. The van der Waals surface area contributed by atoms with Crippen LogP contribution in [0, 0.1) is 17.7 Å².